The molecule has 0 aromatic rings. The summed E-state index contributed by atoms with van der Waals surface area (Å²) >= 11 is 0. The van der Waals surface area contributed by atoms with E-state index < -0.39 is 37.9 Å². The van der Waals surface area contributed by atoms with Crippen LogP contribution in [0.3, 0.4) is 0 Å². The Morgan fingerprint density at radius 3 is 1.88 bits per heavy atom. The number of hydrogen-bond acceptors (Lipinski definition) is 7. The molecule has 0 aliphatic heterocycles. The van der Waals surface area contributed by atoms with Gasteiger partial charge in [-0.05, 0) is 6.42 Å². The van der Waals surface area contributed by atoms with E-state index in [-0.39, 0.29) is 6.54 Å². The van der Waals surface area contributed by atoms with Crippen molar-refractivity contribution >= 4 is 0 Å². The first-order chi connectivity index (χ1) is 7.47. The molecule has 0 aliphatic rings. The lowest BCUT2D eigenvalue weighted by atomic mass is 10.1. The van der Waals surface area contributed by atoms with Crippen molar-refractivity contribution in [1.82, 2.24) is 4.90 Å². The predicted molar refractivity (Wildman–Crippen MR) is 55.2 cm³/mol. The fourth-order valence-electron chi connectivity index (χ4n) is 1.51. The van der Waals surface area contributed by atoms with Crippen LogP contribution in [0.4, 0.5) is 0 Å². The Labute approximate surface area is 94.2 Å². The van der Waals surface area contributed by atoms with Crippen LogP contribution in [0.1, 0.15) is 13.3 Å². The summed E-state index contributed by atoms with van der Waals surface area (Å²) in [6, 6.07) is -0.862. The number of aliphatic hydroxyl groups is 6. The third-order valence-corrected chi connectivity index (χ3v) is 2.47. The molecule has 7 heteroatoms. The monoisotopic (exact) mass is 239 g/mol. The third kappa shape index (κ3) is 3.36. The molecular weight excluding hydrogens is 218 g/mol. The molecule has 0 spiro atoms. The summed E-state index contributed by atoms with van der Waals surface area (Å²) in [5.74, 6) is 0. The normalized spacial score (nSPS) is 16.1. The largest absolute Gasteiger partial charge is 0.395 e. The SMILES string of the molecule is CCCN(C(CO)CO)C(O)(CO)C(O)O. The van der Waals surface area contributed by atoms with Crippen LogP contribution in [0.15, 0.2) is 0 Å². The van der Waals surface area contributed by atoms with E-state index in [1.54, 1.807) is 6.92 Å². The van der Waals surface area contributed by atoms with Crippen molar-refractivity contribution < 1.29 is 30.6 Å². The summed E-state index contributed by atoms with van der Waals surface area (Å²) in [7, 11) is 0. The second-order valence-electron chi connectivity index (χ2n) is 3.62. The zero-order chi connectivity index (χ0) is 12.8. The number of hydrogen-bond donors (Lipinski definition) is 6. The maximum Gasteiger partial charge on any atom is 0.198 e. The minimum absolute atomic E-state index is 0.195. The molecule has 0 aromatic heterocycles. The number of nitrogens with zero attached hydrogens (tertiary/aromatic N) is 1. The molecule has 1 atom stereocenters. The lowest BCUT2D eigenvalue weighted by Crippen LogP contribution is -2.64. The Balaban J connectivity index is 4.98. The molecule has 0 bridgehead atoms. The minimum Gasteiger partial charge on any atom is -0.395 e. The molecule has 98 valence electrons. The first kappa shape index (κ1) is 15.7. The summed E-state index contributed by atoms with van der Waals surface area (Å²) in [5.41, 5.74) is -2.29. The van der Waals surface area contributed by atoms with Crippen LogP contribution >= 0.6 is 0 Å². The van der Waals surface area contributed by atoms with Gasteiger partial charge in [0, 0.05) is 6.54 Å². The molecule has 16 heavy (non-hydrogen) atoms. The molecule has 0 saturated heterocycles. The topological polar surface area (TPSA) is 125 Å². The summed E-state index contributed by atoms with van der Waals surface area (Å²) < 4.78 is 0. The Morgan fingerprint density at radius 1 is 1.12 bits per heavy atom. The van der Waals surface area contributed by atoms with Crippen LogP contribution < -0.4 is 0 Å². The highest BCUT2D eigenvalue weighted by Gasteiger charge is 2.43. The predicted octanol–water partition coefficient (Wildman–Crippen LogP) is -2.96. The summed E-state index contributed by atoms with van der Waals surface area (Å²) in [6.45, 7) is 0.124. The first-order valence-corrected chi connectivity index (χ1v) is 5.15. The van der Waals surface area contributed by atoms with Crippen molar-refractivity contribution in [2.45, 2.75) is 31.4 Å². The molecule has 0 aromatic carbocycles. The molecule has 0 saturated carbocycles. The minimum atomic E-state index is -2.29. The average Bonchev–Trinajstić information content (AvgIpc) is 2.28. The van der Waals surface area contributed by atoms with Crippen LogP contribution in [-0.2, 0) is 0 Å². The Kier molecular flexibility index (Phi) is 7.00. The van der Waals surface area contributed by atoms with E-state index in [9.17, 15) is 5.11 Å². The molecule has 7 nitrogen and oxygen atoms in total. The highest BCUT2D eigenvalue weighted by molar-refractivity contribution is 4.86. The lowest BCUT2D eigenvalue weighted by molar-refractivity contribution is -0.278. The smallest absolute Gasteiger partial charge is 0.198 e. The highest BCUT2D eigenvalue weighted by Crippen LogP contribution is 2.19. The Hall–Kier alpha value is -0.280. The standard InChI is InChI=1S/C9H21NO6/c1-2-3-10(7(4-11)5-12)9(16,6-13)8(14)15/h7-8,11-16H,2-6H2,1H3. The van der Waals surface area contributed by atoms with Gasteiger partial charge < -0.3 is 30.6 Å². The average molecular weight is 239 g/mol. The van der Waals surface area contributed by atoms with Crippen molar-refractivity contribution in [2.75, 3.05) is 26.4 Å². The molecular formula is C9H21NO6. The fraction of sp³-hybridized carbons (Fsp3) is 1.00. The highest BCUT2D eigenvalue weighted by atomic mass is 16.5. The molecule has 6 N–H and O–H groups in total. The lowest BCUT2D eigenvalue weighted by Gasteiger charge is -2.42. The first-order valence-electron chi connectivity index (χ1n) is 5.15. The molecule has 0 fully saturated rings. The van der Waals surface area contributed by atoms with Crippen LogP contribution in [0, 0.1) is 0 Å². The van der Waals surface area contributed by atoms with Gasteiger partial charge in [-0.1, -0.05) is 6.92 Å². The van der Waals surface area contributed by atoms with Gasteiger partial charge >= 0.3 is 0 Å². The molecule has 0 radical (unpaired) electrons. The molecule has 0 rings (SSSR count). The van der Waals surface area contributed by atoms with Gasteiger partial charge in [-0.2, -0.15) is 0 Å². The quantitative estimate of drug-likeness (QED) is 0.250. The fourth-order valence-corrected chi connectivity index (χ4v) is 1.51. The van der Waals surface area contributed by atoms with Crippen molar-refractivity contribution in [1.29, 1.82) is 0 Å². The zero-order valence-corrected chi connectivity index (χ0v) is 9.32. The Bertz CT molecular complexity index is 187. The van der Waals surface area contributed by atoms with Gasteiger partial charge in [-0.15, -0.1) is 0 Å². The van der Waals surface area contributed by atoms with Crippen LogP contribution in [0.25, 0.3) is 0 Å². The van der Waals surface area contributed by atoms with Crippen LogP contribution in [0.2, 0.25) is 0 Å². The van der Waals surface area contributed by atoms with Crippen molar-refractivity contribution in [3.8, 4) is 0 Å². The van der Waals surface area contributed by atoms with E-state index in [0.717, 1.165) is 4.90 Å². The van der Waals surface area contributed by atoms with Crippen LogP contribution in [-0.4, -0.2) is 80.0 Å². The van der Waals surface area contributed by atoms with E-state index >= 15 is 0 Å². The summed E-state index contributed by atoms with van der Waals surface area (Å²) in [4.78, 5) is 1.08. The number of rotatable bonds is 8. The van der Waals surface area contributed by atoms with Gasteiger partial charge in [-0.25, -0.2) is 0 Å². The van der Waals surface area contributed by atoms with Crippen molar-refractivity contribution in [3.05, 3.63) is 0 Å². The van der Waals surface area contributed by atoms with E-state index in [0.29, 0.717) is 6.42 Å². The van der Waals surface area contributed by atoms with Gasteiger partial charge in [0.05, 0.1) is 25.9 Å². The number of aliphatic hydroxyl groups excluding tert-OH is 4. The maximum absolute atomic E-state index is 9.87. The van der Waals surface area contributed by atoms with Gasteiger partial charge in [0.15, 0.2) is 12.0 Å². The van der Waals surface area contributed by atoms with E-state index in [2.05, 4.69) is 0 Å². The van der Waals surface area contributed by atoms with Crippen LogP contribution in [0.5, 0.6) is 0 Å². The van der Waals surface area contributed by atoms with Gasteiger partial charge in [0.2, 0.25) is 0 Å². The molecule has 0 aliphatic carbocycles. The second kappa shape index (κ2) is 7.13. The van der Waals surface area contributed by atoms with Crippen molar-refractivity contribution in [2.24, 2.45) is 0 Å². The molecule has 0 heterocycles. The summed E-state index contributed by atoms with van der Waals surface area (Å²) in [6.07, 6.45) is -1.64. The Morgan fingerprint density at radius 2 is 1.62 bits per heavy atom. The van der Waals surface area contributed by atoms with E-state index in [1.165, 1.54) is 0 Å². The van der Waals surface area contributed by atoms with E-state index in [1.807, 2.05) is 0 Å². The van der Waals surface area contributed by atoms with Gasteiger partial charge in [0.25, 0.3) is 0 Å². The van der Waals surface area contributed by atoms with E-state index in [4.69, 9.17) is 25.5 Å². The molecule has 1 unspecified atom stereocenters. The third-order valence-electron chi connectivity index (χ3n) is 2.47. The summed E-state index contributed by atoms with van der Waals surface area (Å²) in [5, 5.41) is 55.0. The second-order valence-corrected chi connectivity index (χ2v) is 3.62. The molecule has 0 amide bonds. The van der Waals surface area contributed by atoms with Crippen molar-refractivity contribution in [3.63, 3.8) is 0 Å². The maximum atomic E-state index is 9.87. The van der Waals surface area contributed by atoms with Gasteiger partial charge in [0.1, 0.15) is 0 Å². The van der Waals surface area contributed by atoms with Gasteiger partial charge in [-0.3, -0.25) is 4.90 Å². The zero-order valence-electron chi connectivity index (χ0n) is 9.32.